The summed E-state index contributed by atoms with van der Waals surface area (Å²) in [7, 11) is 0. The second kappa shape index (κ2) is 9.92. The van der Waals surface area contributed by atoms with E-state index in [1.807, 2.05) is 62.4 Å². The number of nitrogens with zero attached hydrogens (tertiary/aromatic N) is 6. The van der Waals surface area contributed by atoms with E-state index in [0.29, 0.717) is 22.0 Å². The van der Waals surface area contributed by atoms with Gasteiger partial charge >= 0.3 is 0 Å². The van der Waals surface area contributed by atoms with E-state index in [4.69, 9.17) is 11.7 Å². The van der Waals surface area contributed by atoms with Gasteiger partial charge in [-0.15, -0.1) is 20.4 Å². The van der Waals surface area contributed by atoms with Crippen LogP contribution in [-0.2, 0) is 0 Å². The minimum Gasteiger partial charge on any atom is -0.335 e. The lowest BCUT2D eigenvalue weighted by Crippen LogP contribution is -2.11. The Morgan fingerprint density at radius 2 is 1.03 bits per heavy atom. The van der Waals surface area contributed by atoms with Crippen LogP contribution in [0.5, 0.6) is 0 Å². The number of rotatable bonds is 8. The van der Waals surface area contributed by atoms with Crippen molar-refractivity contribution in [3.05, 3.63) is 71.8 Å². The summed E-state index contributed by atoms with van der Waals surface area (Å²) in [6.07, 6.45) is 4.13. The van der Waals surface area contributed by atoms with Crippen molar-refractivity contribution in [3.63, 3.8) is 0 Å². The zero-order valence-electron chi connectivity index (χ0n) is 17.8. The Bertz CT molecular complexity index is 1110. The zero-order valence-corrected chi connectivity index (χ0v) is 19.5. The third-order valence-corrected chi connectivity index (χ3v) is 6.52. The fourth-order valence-electron chi connectivity index (χ4n) is 2.93. The molecule has 2 aromatic carbocycles. The first-order chi connectivity index (χ1) is 15.5. The van der Waals surface area contributed by atoms with Crippen molar-refractivity contribution in [1.82, 2.24) is 29.7 Å². The van der Waals surface area contributed by atoms with E-state index in [1.54, 1.807) is 0 Å². The molecule has 0 atom stereocenters. The molecule has 4 rings (SSSR count). The maximum atomic E-state index is 6.18. The second-order valence-electron chi connectivity index (χ2n) is 7.18. The molecule has 0 spiro atoms. The molecule has 0 saturated carbocycles. The molecule has 0 aliphatic carbocycles. The molecule has 164 valence electrons. The molecular weight excluding hydrogens is 440 g/mol. The quantitative estimate of drug-likeness (QED) is 0.231. The van der Waals surface area contributed by atoms with Gasteiger partial charge in [-0.3, -0.25) is 0 Å². The summed E-state index contributed by atoms with van der Waals surface area (Å²) in [6, 6.07) is 16.1. The molecule has 4 aromatic rings. The summed E-state index contributed by atoms with van der Waals surface area (Å²) in [5.74, 6) is 15.1. The average Bonchev–Trinajstić information content (AvgIpc) is 3.34. The normalized spacial score (nSPS) is 11.4. The number of nitrogens with two attached hydrogens (primary N) is 2. The van der Waals surface area contributed by atoms with Crippen LogP contribution in [0.3, 0.4) is 0 Å². The van der Waals surface area contributed by atoms with Crippen molar-refractivity contribution < 1.29 is 0 Å². The molecule has 0 fully saturated rings. The van der Waals surface area contributed by atoms with E-state index >= 15 is 0 Å². The minimum absolute atomic E-state index is 0.652. The van der Waals surface area contributed by atoms with E-state index in [0.717, 1.165) is 22.6 Å². The lowest BCUT2D eigenvalue weighted by Gasteiger charge is -2.03. The van der Waals surface area contributed by atoms with Crippen LogP contribution in [0.4, 0.5) is 0 Å². The number of hydrogen-bond donors (Lipinski definition) is 2. The highest BCUT2D eigenvalue weighted by atomic mass is 32.2. The fourth-order valence-corrected chi connectivity index (χ4v) is 4.34. The number of benzene rings is 2. The molecule has 0 unspecified atom stereocenters. The van der Waals surface area contributed by atoms with Gasteiger partial charge in [-0.25, -0.2) is 9.35 Å². The van der Waals surface area contributed by atoms with Crippen molar-refractivity contribution in [2.24, 2.45) is 0 Å². The highest BCUT2D eigenvalue weighted by Gasteiger charge is 2.12. The predicted molar refractivity (Wildman–Crippen MR) is 131 cm³/mol. The lowest BCUT2D eigenvalue weighted by atomic mass is 10.1. The Labute approximate surface area is 195 Å². The zero-order chi connectivity index (χ0) is 22.5. The van der Waals surface area contributed by atoms with Crippen LogP contribution < -0.4 is 11.7 Å². The van der Waals surface area contributed by atoms with Gasteiger partial charge in [0.05, 0.1) is 0 Å². The largest absolute Gasteiger partial charge is 0.335 e. The topological polar surface area (TPSA) is 113 Å². The first-order valence-electron chi connectivity index (χ1n) is 9.98. The van der Waals surface area contributed by atoms with Crippen molar-refractivity contribution >= 4 is 23.5 Å². The van der Waals surface area contributed by atoms with Gasteiger partial charge in [-0.2, -0.15) is 0 Å². The average molecular weight is 465 g/mol. The molecule has 0 radical (unpaired) electrons. The van der Waals surface area contributed by atoms with Gasteiger partial charge in [0.2, 0.25) is 10.3 Å². The summed E-state index contributed by atoms with van der Waals surface area (Å²) < 4.78 is 3.06. The van der Waals surface area contributed by atoms with Crippen molar-refractivity contribution in [3.8, 4) is 22.8 Å². The highest BCUT2D eigenvalue weighted by Crippen LogP contribution is 2.23. The van der Waals surface area contributed by atoms with Crippen LogP contribution in [0.2, 0.25) is 0 Å². The first-order valence-corrected chi connectivity index (χ1v) is 12.0. The van der Waals surface area contributed by atoms with Crippen molar-refractivity contribution in [2.45, 2.75) is 24.2 Å². The smallest absolute Gasteiger partial charge is 0.210 e. The van der Waals surface area contributed by atoms with Gasteiger partial charge in [-0.1, -0.05) is 95.3 Å². The van der Waals surface area contributed by atoms with Gasteiger partial charge in [0, 0.05) is 22.6 Å². The third-order valence-electron chi connectivity index (χ3n) is 4.73. The molecule has 10 heteroatoms. The summed E-state index contributed by atoms with van der Waals surface area (Å²) >= 11 is 3.06. The van der Waals surface area contributed by atoms with Gasteiger partial charge < -0.3 is 11.7 Å². The Kier molecular flexibility index (Phi) is 6.81. The van der Waals surface area contributed by atoms with E-state index < -0.39 is 0 Å². The Hall–Kier alpha value is -3.24. The lowest BCUT2D eigenvalue weighted by molar-refractivity contribution is 0.850. The van der Waals surface area contributed by atoms with Crippen LogP contribution in [0, 0.1) is 13.8 Å². The summed E-state index contributed by atoms with van der Waals surface area (Å²) in [5, 5.41) is 18.2. The minimum atomic E-state index is 0.652. The summed E-state index contributed by atoms with van der Waals surface area (Å²) in [4.78, 5) is 0. The van der Waals surface area contributed by atoms with Crippen LogP contribution in [0.1, 0.15) is 11.1 Å². The van der Waals surface area contributed by atoms with Gasteiger partial charge in [0.15, 0.2) is 11.6 Å². The molecular formula is C22H24N8S2. The molecule has 0 amide bonds. The Morgan fingerprint density at radius 1 is 0.656 bits per heavy atom. The van der Waals surface area contributed by atoms with E-state index in [-0.39, 0.29) is 0 Å². The molecule has 2 heterocycles. The molecule has 32 heavy (non-hydrogen) atoms. The molecule has 4 N–H and O–H groups in total. The number of nitrogen functional groups attached to an aromatic ring is 2. The molecule has 0 aliphatic rings. The SMILES string of the molecule is Cc1ccc(-c2nnc(SC/C=C/CSc3nnc(-c4ccc(C)cc4)n3N)n2N)cc1. The summed E-state index contributed by atoms with van der Waals surface area (Å²) in [5.41, 5.74) is 4.27. The number of thioether (sulfide) groups is 2. The van der Waals surface area contributed by atoms with E-state index in [9.17, 15) is 0 Å². The first kappa shape index (κ1) is 22.0. The summed E-state index contributed by atoms with van der Waals surface area (Å²) in [6.45, 7) is 4.09. The molecule has 2 aromatic heterocycles. The van der Waals surface area contributed by atoms with E-state index in [1.165, 1.54) is 44.0 Å². The van der Waals surface area contributed by atoms with Gasteiger partial charge in [0.25, 0.3) is 0 Å². The van der Waals surface area contributed by atoms with Crippen molar-refractivity contribution in [2.75, 3.05) is 23.2 Å². The van der Waals surface area contributed by atoms with Crippen molar-refractivity contribution in [1.29, 1.82) is 0 Å². The van der Waals surface area contributed by atoms with Crippen LogP contribution >= 0.6 is 23.5 Å². The third kappa shape index (κ3) is 4.97. The maximum absolute atomic E-state index is 6.18. The standard InChI is InChI=1S/C22H24N8S2/c1-15-5-9-17(10-6-15)19-25-27-21(29(19)23)31-13-3-4-14-32-22-28-26-20(30(22)24)18-11-7-16(2)8-12-18/h3-12H,13-14,23-24H2,1-2H3/b4-3+. The predicted octanol–water partition coefficient (Wildman–Crippen LogP) is 3.69. The molecule has 8 nitrogen and oxygen atoms in total. The monoisotopic (exact) mass is 464 g/mol. The molecule has 0 saturated heterocycles. The van der Waals surface area contributed by atoms with E-state index in [2.05, 4.69) is 32.5 Å². The number of aryl methyl sites for hydroxylation is 2. The fraction of sp³-hybridized carbons (Fsp3) is 0.182. The van der Waals surface area contributed by atoms with Gasteiger partial charge in [0.1, 0.15) is 0 Å². The molecule has 0 bridgehead atoms. The number of aromatic nitrogens is 6. The second-order valence-corrected chi connectivity index (χ2v) is 9.15. The molecule has 0 aliphatic heterocycles. The van der Waals surface area contributed by atoms with Gasteiger partial charge in [-0.05, 0) is 13.8 Å². The Balaban J connectivity index is 1.28. The Morgan fingerprint density at radius 3 is 1.41 bits per heavy atom. The highest BCUT2D eigenvalue weighted by molar-refractivity contribution is 7.99. The maximum Gasteiger partial charge on any atom is 0.210 e. The van der Waals surface area contributed by atoms with Crippen LogP contribution in [-0.4, -0.2) is 41.3 Å². The van der Waals surface area contributed by atoms with Crippen LogP contribution in [0.15, 0.2) is 71.0 Å². The number of hydrogen-bond acceptors (Lipinski definition) is 8. The van der Waals surface area contributed by atoms with Crippen LogP contribution in [0.25, 0.3) is 22.8 Å².